The van der Waals surface area contributed by atoms with Gasteiger partial charge in [0.2, 0.25) is 0 Å². The van der Waals surface area contributed by atoms with Crippen molar-refractivity contribution in [2.24, 2.45) is 10.9 Å². The van der Waals surface area contributed by atoms with Gasteiger partial charge in [-0.05, 0) is 44.0 Å². The third-order valence-electron chi connectivity index (χ3n) is 4.76. The number of guanidine groups is 1. The van der Waals surface area contributed by atoms with E-state index in [0.29, 0.717) is 19.1 Å². The Kier molecular flexibility index (Phi) is 8.77. The Morgan fingerprint density at radius 2 is 2.00 bits per heavy atom. The number of halogens is 1. The lowest BCUT2D eigenvalue weighted by Gasteiger charge is -2.27. The summed E-state index contributed by atoms with van der Waals surface area (Å²) in [5.41, 5.74) is 0. The first-order chi connectivity index (χ1) is 12.3. The van der Waals surface area contributed by atoms with E-state index in [1.165, 1.54) is 32.5 Å². The zero-order valence-electron chi connectivity index (χ0n) is 15.7. The zero-order valence-corrected chi connectivity index (χ0v) is 18.1. The van der Waals surface area contributed by atoms with Crippen LogP contribution in [-0.2, 0) is 0 Å². The average molecular weight is 474 g/mol. The second kappa shape index (κ2) is 10.8. The first kappa shape index (κ1) is 21.1. The third-order valence-corrected chi connectivity index (χ3v) is 4.76. The predicted molar refractivity (Wildman–Crippen MR) is 116 cm³/mol. The molecule has 0 spiro atoms. The maximum atomic E-state index is 5.97. The number of likely N-dealkylation sites (tertiary alicyclic amines) is 1. The lowest BCUT2D eigenvalue weighted by molar-refractivity contribution is 0.0936. The maximum Gasteiger partial charge on any atom is 0.191 e. The molecule has 2 atom stereocenters. The summed E-state index contributed by atoms with van der Waals surface area (Å²) in [6.07, 6.45) is 2.48. The van der Waals surface area contributed by atoms with Crippen molar-refractivity contribution in [3.8, 4) is 11.5 Å². The SMILES string of the molecule is CCCN1CCC(CNC(=NC)NCC2COc3ccccc3O2)C1.I. The van der Waals surface area contributed by atoms with Crippen LogP contribution in [0.4, 0.5) is 0 Å². The molecule has 6 nitrogen and oxygen atoms in total. The van der Waals surface area contributed by atoms with E-state index in [1.807, 2.05) is 24.3 Å². The highest BCUT2D eigenvalue weighted by molar-refractivity contribution is 14.0. The summed E-state index contributed by atoms with van der Waals surface area (Å²) in [6.45, 7) is 8.05. The second-order valence-electron chi connectivity index (χ2n) is 6.79. The van der Waals surface area contributed by atoms with Crippen LogP contribution in [0.3, 0.4) is 0 Å². The van der Waals surface area contributed by atoms with Crippen molar-refractivity contribution in [1.29, 1.82) is 0 Å². The molecule has 0 aromatic heterocycles. The molecule has 1 saturated heterocycles. The van der Waals surface area contributed by atoms with Gasteiger partial charge >= 0.3 is 0 Å². The first-order valence-electron chi connectivity index (χ1n) is 9.33. The lowest BCUT2D eigenvalue weighted by Crippen LogP contribution is -2.46. The number of benzene rings is 1. The number of nitrogens with zero attached hydrogens (tertiary/aromatic N) is 2. The molecule has 2 heterocycles. The van der Waals surface area contributed by atoms with Crippen LogP contribution in [0.2, 0.25) is 0 Å². The summed E-state index contributed by atoms with van der Waals surface area (Å²) in [5, 5.41) is 6.80. The van der Waals surface area contributed by atoms with E-state index in [2.05, 4.69) is 27.4 Å². The fourth-order valence-corrected chi connectivity index (χ4v) is 3.43. The van der Waals surface area contributed by atoms with Crippen LogP contribution in [0.15, 0.2) is 29.3 Å². The normalized spacial score (nSPS) is 22.6. The molecule has 2 N–H and O–H groups in total. The molecule has 2 aliphatic rings. The Hall–Kier alpha value is -1.22. The van der Waals surface area contributed by atoms with Crippen LogP contribution in [0.1, 0.15) is 19.8 Å². The van der Waals surface area contributed by atoms with Crippen LogP contribution >= 0.6 is 24.0 Å². The van der Waals surface area contributed by atoms with Crippen LogP contribution in [0.5, 0.6) is 11.5 Å². The molecule has 1 aromatic rings. The van der Waals surface area contributed by atoms with Crippen molar-refractivity contribution in [1.82, 2.24) is 15.5 Å². The van der Waals surface area contributed by atoms with E-state index >= 15 is 0 Å². The Balaban J connectivity index is 0.00000243. The van der Waals surface area contributed by atoms with Gasteiger partial charge in [0, 0.05) is 20.1 Å². The molecule has 0 radical (unpaired) electrons. The molecule has 0 aliphatic carbocycles. The third kappa shape index (κ3) is 5.90. The van der Waals surface area contributed by atoms with E-state index in [-0.39, 0.29) is 30.1 Å². The van der Waals surface area contributed by atoms with E-state index in [4.69, 9.17) is 9.47 Å². The lowest BCUT2D eigenvalue weighted by atomic mass is 10.1. The fraction of sp³-hybridized carbons (Fsp3) is 0.632. The highest BCUT2D eigenvalue weighted by atomic mass is 127. The van der Waals surface area contributed by atoms with Crippen LogP contribution < -0.4 is 20.1 Å². The van der Waals surface area contributed by atoms with Gasteiger partial charge in [0.25, 0.3) is 0 Å². The molecule has 1 fully saturated rings. The summed E-state index contributed by atoms with van der Waals surface area (Å²) in [5.74, 6) is 3.16. The number of hydrogen-bond acceptors (Lipinski definition) is 4. The standard InChI is InChI=1S/C19H30N4O2.HI/c1-3-9-23-10-8-15(13-23)11-21-19(20-2)22-12-16-14-24-17-6-4-5-7-18(17)25-16;/h4-7,15-16H,3,8-14H2,1-2H3,(H2,20,21,22);1H. The van der Waals surface area contributed by atoms with Gasteiger partial charge in [0.15, 0.2) is 17.5 Å². The Morgan fingerprint density at radius 3 is 2.77 bits per heavy atom. The van der Waals surface area contributed by atoms with Crippen molar-refractivity contribution >= 4 is 29.9 Å². The molecule has 2 unspecified atom stereocenters. The fourth-order valence-electron chi connectivity index (χ4n) is 3.43. The molecular weight excluding hydrogens is 443 g/mol. The van der Waals surface area contributed by atoms with Crippen LogP contribution in [0, 0.1) is 5.92 Å². The van der Waals surface area contributed by atoms with E-state index < -0.39 is 0 Å². The van der Waals surface area contributed by atoms with Gasteiger partial charge < -0.3 is 25.0 Å². The summed E-state index contributed by atoms with van der Waals surface area (Å²) in [7, 11) is 1.81. The average Bonchev–Trinajstić information content (AvgIpc) is 3.09. The van der Waals surface area contributed by atoms with Gasteiger partial charge in [-0.15, -0.1) is 24.0 Å². The van der Waals surface area contributed by atoms with E-state index in [1.54, 1.807) is 7.05 Å². The quantitative estimate of drug-likeness (QED) is 0.377. The summed E-state index contributed by atoms with van der Waals surface area (Å²) >= 11 is 0. The number of hydrogen-bond donors (Lipinski definition) is 2. The smallest absolute Gasteiger partial charge is 0.191 e. The molecule has 0 bridgehead atoms. The molecule has 2 aliphatic heterocycles. The number of rotatable bonds is 6. The number of nitrogens with one attached hydrogen (secondary N) is 2. The highest BCUT2D eigenvalue weighted by Gasteiger charge is 2.23. The van der Waals surface area contributed by atoms with Gasteiger partial charge in [0.1, 0.15) is 12.7 Å². The van der Waals surface area contributed by atoms with Crippen molar-refractivity contribution in [2.75, 3.05) is 46.4 Å². The monoisotopic (exact) mass is 474 g/mol. The van der Waals surface area contributed by atoms with Crippen LogP contribution in [0.25, 0.3) is 0 Å². The number of para-hydroxylation sites is 2. The van der Waals surface area contributed by atoms with Crippen molar-refractivity contribution in [3.63, 3.8) is 0 Å². The van der Waals surface area contributed by atoms with E-state index in [0.717, 1.165) is 24.0 Å². The maximum absolute atomic E-state index is 5.97. The zero-order chi connectivity index (χ0) is 17.5. The minimum Gasteiger partial charge on any atom is -0.486 e. The predicted octanol–water partition coefficient (Wildman–Crippen LogP) is 2.34. The van der Waals surface area contributed by atoms with Crippen molar-refractivity contribution < 1.29 is 9.47 Å². The molecule has 26 heavy (non-hydrogen) atoms. The van der Waals surface area contributed by atoms with Crippen LogP contribution in [-0.4, -0.2) is 63.3 Å². The number of fused-ring (bicyclic) bond motifs is 1. The molecule has 7 heteroatoms. The molecular formula is C19H31IN4O2. The van der Waals surface area contributed by atoms with Gasteiger partial charge in [-0.25, -0.2) is 0 Å². The van der Waals surface area contributed by atoms with Gasteiger partial charge in [0.05, 0.1) is 6.54 Å². The Bertz CT molecular complexity index is 584. The summed E-state index contributed by atoms with van der Waals surface area (Å²) in [6, 6.07) is 7.79. The number of ether oxygens (including phenoxy) is 2. The topological polar surface area (TPSA) is 58.1 Å². The summed E-state index contributed by atoms with van der Waals surface area (Å²) in [4.78, 5) is 6.87. The van der Waals surface area contributed by atoms with Crippen molar-refractivity contribution in [2.45, 2.75) is 25.9 Å². The number of aliphatic imine (C=N–C) groups is 1. The minimum absolute atomic E-state index is 0. The van der Waals surface area contributed by atoms with Crippen molar-refractivity contribution in [3.05, 3.63) is 24.3 Å². The Labute approximate surface area is 173 Å². The minimum atomic E-state index is -0.0139. The molecule has 0 saturated carbocycles. The highest BCUT2D eigenvalue weighted by Crippen LogP contribution is 2.30. The van der Waals surface area contributed by atoms with Gasteiger partial charge in [-0.3, -0.25) is 4.99 Å². The summed E-state index contributed by atoms with van der Waals surface area (Å²) < 4.78 is 11.7. The van der Waals surface area contributed by atoms with E-state index in [9.17, 15) is 0 Å². The largest absolute Gasteiger partial charge is 0.486 e. The second-order valence-corrected chi connectivity index (χ2v) is 6.79. The molecule has 1 aromatic carbocycles. The Morgan fingerprint density at radius 1 is 1.23 bits per heavy atom. The molecule has 146 valence electrons. The van der Waals surface area contributed by atoms with Gasteiger partial charge in [-0.1, -0.05) is 19.1 Å². The first-order valence-corrected chi connectivity index (χ1v) is 9.33. The molecule has 0 amide bonds. The van der Waals surface area contributed by atoms with Gasteiger partial charge in [-0.2, -0.15) is 0 Å². The molecule has 3 rings (SSSR count).